The molecule has 1 N–H and O–H groups in total. The van der Waals surface area contributed by atoms with Gasteiger partial charge in [0.15, 0.2) is 0 Å². The Hall–Kier alpha value is -0.970. The number of aromatic nitrogens is 2. The highest BCUT2D eigenvalue weighted by Crippen LogP contribution is 1.95. The monoisotopic (exact) mass is 213 g/mol. The molecule has 0 aliphatic rings. The Morgan fingerprint density at radius 1 is 1.79 bits per heavy atom. The maximum Gasteiger partial charge on any atom is 0.232 e. The molecule has 0 radical (unpaired) electrons. The van der Waals surface area contributed by atoms with Gasteiger partial charge in [0.05, 0.1) is 10.9 Å². The van der Waals surface area contributed by atoms with E-state index in [-0.39, 0.29) is 11.2 Å². The molecule has 0 spiro atoms. The SMILES string of the molecule is CC(S)C(=O)NCCc1ccn(C)n1. The van der Waals surface area contributed by atoms with Gasteiger partial charge in [-0.25, -0.2) is 0 Å². The van der Waals surface area contributed by atoms with E-state index in [0.717, 1.165) is 12.1 Å². The van der Waals surface area contributed by atoms with Gasteiger partial charge in [-0.1, -0.05) is 0 Å². The average Bonchev–Trinajstić information content (AvgIpc) is 2.51. The number of nitrogens with zero attached hydrogens (tertiary/aromatic N) is 2. The van der Waals surface area contributed by atoms with Gasteiger partial charge in [0.25, 0.3) is 0 Å². The lowest BCUT2D eigenvalue weighted by Crippen LogP contribution is -2.31. The van der Waals surface area contributed by atoms with Gasteiger partial charge < -0.3 is 5.32 Å². The summed E-state index contributed by atoms with van der Waals surface area (Å²) in [4.78, 5) is 11.1. The lowest BCUT2D eigenvalue weighted by molar-refractivity contribution is -0.120. The Balaban J connectivity index is 2.25. The number of carbonyl (C=O) groups is 1. The van der Waals surface area contributed by atoms with Crippen molar-refractivity contribution in [2.75, 3.05) is 6.54 Å². The van der Waals surface area contributed by atoms with E-state index >= 15 is 0 Å². The van der Waals surface area contributed by atoms with Crippen molar-refractivity contribution < 1.29 is 4.79 Å². The fraction of sp³-hybridized carbons (Fsp3) is 0.556. The van der Waals surface area contributed by atoms with E-state index < -0.39 is 0 Å². The van der Waals surface area contributed by atoms with Crippen LogP contribution < -0.4 is 5.32 Å². The quantitative estimate of drug-likeness (QED) is 0.711. The minimum absolute atomic E-state index is 0.0377. The van der Waals surface area contributed by atoms with Crippen molar-refractivity contribution in [3.63, 3.8) is 0 Å². The van der Waals surface area contributed by atoms with Crippen molar-refractivity contribution in [2.45, 2.75) is 18.6 Å². The molecule has 0 bridgehead atoms. The van der Waals surface area contributed by atoms with Crippen LogP contribution in [0.1, 0.15) is 12.6 Å². The molecule has 0 saturated heterocycles. The molecular weight excluding hydrogens is 198 g/mol. The Morgan fingerprint density at radius 2 is 2.50 bits per heavy atom. The zero-order valence-electron chi connectivity index (χ0n) is 8.40. The highest BCUT2D eigenvalue weighted by molar-refractivity contribution is 7.81. The van der Waals surface area contributed by atoms with Crippen molar-refractivity contribution >= 4 is 18.5 Å². The first-order valence-corrected chi connectivity index (χ1v) is 5.05. The molecule has 4 nitrogen and oxygen atoms in total. The van der Waals surface area contributed by atoms with Gasteiger partial charge in [-0.05, 0) is 13.0 Å². The fourth-order valence-electron chi connectivity index (χ4n) is 1.06. The van der Waals surface area contributed by atoms with Crippen LogP contribution >= 0.6 is 12.6 Å². The maximum atomic E-state index is 11.1. The zero-order chi connectivity index (χ0) is 10.6. The molecule has 78 valence electrons. The fourth-order valence-corrected chi connectivity index (χ4v) is 1.15. The van der Waals surface area contributed by atoms with E-state index in [4.69, 9.17) is 0 Å². The maximum absolute atomic E-state index is 11.1. The molecule has 0 fully saturated rings. The predicted molar refractivity (Wildman–Crippen MR) is 58.4 cm³/mol. The summed E-state index contributed by atoms with van der Waals surface area (Å²) in [5.74, 6) is -0.0377. The molecule has 1 amide bonds. The van der Waals surface area contributed by atoms with Gasteiger partial charge in [-0.15, -0.1) is 0 Å². The van der Waals surface area contributed by atoms with Crippen LogP contribution in [0.15, 0.2) is 12.3 Å². The van der Waals surface area contributed by atoms with Gasteiger partial charge in [0.1, 0.15) is 0 Å². The minimum atomic E-state index is -0.251. The van der Waals surface area contributed by atoms with Gasteiger partial charge in [-0.2, -0.15) is 17.7 Å². The first-order valence-electron chi connectivity index (χ1n) is 4.54. The molecule has 5 heteroatoms. The van der Waals surface area contributed by atoms with Crippen molar-refractivity contribution in [2.24, 2.45) is 7.05 Å². The Kier molecular flexibility index (Phi) is 4.00. The van der Waals surface area contributed by atoms with Crippen LogP contribution in [0.25, 0.3) is 0 Å². The molecule has 1 aromatic heterocycles. The molecule has 1 atom stereocenters. The smallest absolute Gasteiger partial charge is 0.232 e. The van der Waals surface area contributed by atoms with Gasteiger partial charge in [0, 0.05) is 26.2 Å². The summed E-state index contributed by atoms with van der Waals surface area (Å²) in [5.41, 5.74) is 0.986. The summed E-state index contributed by atoms with van der Waals surface area (Å²) in [6.07, 6.45) is 2.64. The summed E-state index contributed by atoms with van der Waals surface area (Å²) >= 11 is 4.03. The largest absolute Gasteiger partial charge is 0.355 e. The van der Waals surface area contributed by atoms with E-state index in [2.05, 4.69) is 23.0 Å². The highest BCUT2D eigenvalue weighted by atomic mass is 32.1. The molecular formula is C9H15N3OS. The lowest BCUT2D eigenvalue weighted by Gasteiger charge is -2.05. The van der Waals surface area contributed by atoms with Crippen LogP contribution in [0.3, 0.4) is 0 Å². The standard InChI is InChI=1S/C9H15N3OS/c1-7(14)9(13)10-5-3-8-4-6-12(2)11-8/h4,6-7,14H,3,5H2,1-2H3,(H,10,13). The van der Waals surface area contributed by atoms with Crippen LogP contribution in [0.2, 0.25) is 0 Å². The van der Waals surface area contributed by atoms with Crippen molar-refractivity contribution in [1.29, 1.82) is 0 Å². The number of thiol groups is 1. The van der Waals surface area contributed by atoms with E-state index in [9.17, 15) is 4.79 Å². The third-order valence-corrected chi connectivity index (χ3v) is 2.06. The van der Waals surface area contributed by atoms with Crippen LogP contribution in [-0.2, 0) is 18.3 Å². The summed E-state index contributed by atoms with van der Waals surface area (Å²) in [7, 11) is 1.87. The highest BCUT2D eigenvalue weighted by Gasteiger charge is 2.06. The number of aryl methyl sites for hydroxylation is 1. The summed E-state index contributed by atoms with van der Waals surface area (Å²) in [6, 6.07) is 1.94. The van der Waals surface area contributed by atoms with E-state index in [1.807, 2.05) is 19.3 Å². The molecule has 1 unspecified atom stereocenters. The van der Waals surface area contributed by atoms with Crippen LogP contribution in [-0.4, -0.2) is 27.5 Å². The second kappa shape index (κ2) is 5.05. The topological polar surface area (TPSA) is 46.9 Å². The van der Waals surface area contributed by atoms with Gasteiger partial charge in [-0.3, -0.25) is 9.48 Å². The van der Waals surface area contributed by atoms with E-state index in [0.29, 0.717) is 6.54 Å². The van der Waals surface area contributed by atoms with E-state index in [1.54, 1.807) is 11.6 Å². The first-order chi connectivity index (χ1) is 6.59. The number of nitrogens with one attached hydrogen (secondary N) is 1. The van der Waals surface area contributed by atoms with Crippen molar-refractivity contribution in [3.8, 4) is 0 Å². The Morgan fingerprint density at radius 3 is 3.00 bits per heavy atom. The third-order valence-electron chi connectivity index (χ3n) is 1.83. The average molecular weight is 213 g/mol. The second-order valence-corrected chi connectivity index (χ2v) is 3.97. The zero-order valence-corrected chi connectivity index (χ0v) is 9.29. The number of hydrogen-bond donors (Lipinski definition) is 2. The lowest BCUT2D eigenvalue weighted by atomic mass is 10.3. The van der Waals surface area contributed by atoms with E-state index in [1.165, 1.54) is 0 Å². The molecule has 1 aromatic rings. The van der Waals surface area contributed by atoms with Crippen LogP contribution in [0, 0.1) is 0 Å². The summed E-state index contributed by atoms with van der Waals surface area (Å²) in [5, 5.41) is 6.72. The molecule has 14 heavy (non-hydrogen) atoms. The number of carbonyl (C=O) groups excluding carboxylic acids is 1. The van der Waals surface area contributed by atoms with Crippen molar-refractivity contribution in [3.05, 3.63) is 18.0 Å². The van der Waals surface area contributed by atoms with Gasteiger partial charge >= 0.3 is 0 Å². The molecule has 0 saturated carbocycles. The Labute approximate surface area is 89.1 Å². The molecule has 0 aliphatic heterocycles. The second-order valence-electron chi connectivity index (χ2n) is 3.20. The van der Waals surface area contributed by atoms with Gasteiger partial charge in [0.2, 0.25) is 5.91 Å². The van der Waals surface area contributed by atoms with Crippen molar-refractivity contribution in [1.82, 2.24) is 15.1 Å². The third kappa shape index (κ3) is 3.41. The summed E-state index contributed by atoms with van der Waals surface area (Å²) < 4.78 is 1.75. The molecule has 1 heterocycles. The molecule has 1 rings (SSSR count). The normalized spacial score (nSPS) is 12.5. The summed E-state index contributed by atoms with van der Waals surface area (Å²) in [6.45, 7) is 2.36. The number of hydrogen-bond acceptors (Lipinski definition) is 3. The van der Waals surface area contributed by atoms with Crippen LogP contribution in [0.5, 0.6) is 0 Å². The molecule has 0 aromatic carbocycles. The Bertz CT molecular complexity index is 309. The number of amides is 1. The number of rotatable bonds is 4. The predicted octanol–water partition coefficient (Wildman–Crippen LogP) is 0.397. The first kappa shape index (κ1) is 11.1. The minimum Gasteiger partial charge on any atom is -0.355 e. The molecule has 0 aliphatic carbocycles. The van der Waals surface area contributed by atoms with Crippen LogP contribution in [0.4, 0.5) is 0 Å².